The molecule has 2 amide bonds. The molecule has 14 nitrogen and oxygen atoms in total. The molecule has 0 unspecified atom stereocenters. The zero-order valence-electron chi connectivity index (χ0n) is 38.8. The van der Waals surface area contributed by atoms with Gasteiger partial charge >= 0.3 is 0 Å². The number of piperidine rings is 1. The molecule has 2 aliphatic carbocycles. The molecule has 3 aromatic carbocycles. The summed E-state index contributed by atoms with van der Waals surface area (Å²) >= 11 is 6.56. The molecule has 0 bridgehead atoms. The molecule has 2 atom stereocenters. The molecule has 2 aliphatic heterocycles. The van der Waals surface area contributed by atoms with Crippen LogP contribution >= 0.6 is 11.6 Å². The maximum Gasteiger partial charge on any atom is 0.299 e. The number of hydrogen-bond acceptors (Lipinski definition) is 11. The Balaban J connectivity index is 0.848. The van der Waals surface area contributed by atoms with Gasteiger partial charge in [-0.15, -0.1) is 0 Å². The van der Waals surface area contributed by atoms with E-state index in [0.29, 0.717) is 59.8 Å². The Kier molecular flexibility index (Phi) is 12.2. The van der Waals surface area contributed by atoms with Crippen molar-refractivity contribution in [1.82, 2.24) is 30.4 Å². The van der Waals surface area contributed by atoms with Gasteiger partial charge in [-0.1, -0.05) is 56.1 Å². The van der Waals surface area contributed by atoms with Crippen molar-refractivity contribution >= 4 is 68.2 Å². The first-order valence-electron chi connectivity index (χ1n) is 24.0. The first-order chi connectivity index (χ1) is 32.7. The van der Waals surface area contributed by atoms with E-state index in [0.717, 1.165) is 57.5 Å². The number of amides is 2. The number of ether oxygens (including phenoxy) is 1. The molecule has 7 N–H and O–H groups in total. The summed E-state index contributed by atoms with van der Waals surface area (Å²) in [6.45, 7) is 10.8. The summed E-state index contributed by atoms with van der Waals surface area (Å²) in [6.07, 6.45) is 11.5. The van der Waals surface area contributed by atoms with Crippen LogP contribution in [0.2, 0.25) is 5.15 Å². The highest BCUT2D eigenvalue weighted by Crippen LogP contribution is 2.49. The van der Waals surface area contributed by atoms with E-state index in [-0.39, 0.29) is 49.9 Å². The van der Waals surface area contributed by atoms with Crippen molar-refractivity contribution in [3.05, 3.63) is 100 Å². The molecular weight excluding hydrogens is 885 g/mol. The summed E-state index contributed by atoms with van der Waals surface area (Å²) in [5, 5.41) is 23.6. The maximum atomic E-state index is 14.7. The molecule has 1 spiro atoms. The van der Waals surface area contributed by atoms with Gasteiger partial charge in [-0.2, -0.15) is 5.10 Å². The van der Waals surface area contributed by atoms with Gasteiger partial charge in [-0.05, 0) is 117 Å². The number of fused-ring (bicyclic) bond motifs is 2. The third-order valence-corrected chi connectivity index (χ3v) is 15.7. The molecule has 10 rings (SSSR count). The second-order valence-corrected chi connectivity index (χ2v) is 20.7. The number of imide groups is 1. The number of halogens is 2. The minimum absolute atomic E-state index is 0.00143. The maximum absolute atomic E-state index is 14.7. The van der Waals surface area contributed by atoms with Crippen LogP contribution in [-0.2, 0) is 4.79 Å². The molecule has 2 saturated heterocycles. The number of ketones is 1. The molecular formula is C52H59ClFN9O5. The lowest BCUT2D eigenvalue weighted by Crippen LogP contribution is -2.63. The van der Waals surface area contributed by atoms with Crippen molar-refractivity contribution in [2.45, 2.75) is 102 Å². The van der Waals surface area contributed by atoms with Crippen LogP contribution in [0.3, 0.4) is 0 Å². The Morgan fingerprint density at radius 2 is 1.74 bits per heavy atom. The topological polar surface area (TPSA) is 195 Å². The van der Waals surface area contributed by atoms with E-state index in [9.17, 15) is 23.9 Å². The third-order valence-electron chi connectivity index (χ3n) is 15.4. The minimum atomic E-state index is -1.18. The van der Waals surface area contributed by atoms with Crippen LogP contribution in [0.4, 0.5) is 21.5 Å². The molecule has 68 heavy (non-hydrogen) atoms. The number of nitrogens with zero attached hydrogens (tertiary/aromatic N) is 4. The monoisotopic (exact) mass is 943 g/mol. The van der Waals surface area contributed by atoms with E-state index in [1.54, 1.807) is 18.2 Å². The van der Waals surface area contributed by atoms with Crippen LogP contribution in [0.1, 0.15) is 122 Å². The molecule has 356 valence electrons. The number of pyridine rings is 1. The van der Waals surface area contributed by atoms with Crippen molar-refractivity contribution in [1.29, 1.82) is 0 Å². The number of anilines is 3. The summed E-state index contributed by atoms with van der Waals surface area (Å²) in [4.78, 5) is 53.6. The predicted octanol–water partition coefficient (Wildman–Crippen LogP) is 9.46. The second-order valence-electron chi connectivity index (χ2n) is 20.3. The molecule has 3 aromatic heterocycles. The normalized spacial score (nSPS) is 22.8. The van der Waals surface area contributed by atoms with Gasteiger partial charge < -0.3 is 30.8 Å². The number of H-pyrrole nitrogens is 2. The van der Waals surface area contributed by atoms with Gasteiger partial charge in [0.05, 0.1) is 27.9 Å². The Morgan fingerprint density at radius 1 is 0.971 bits per heavy atom. The summed E-state index contributed by atoms with van der Waals surface area (Å²) in [5.41, 5.74) is 11.1. The first-order valence-corrected chi connectivity index (χ1v) is 24.4. The number of carbonyl (C=O) groups is 3. The highest BCUT2D eigenvalue weighted by molar-refractivity contribution is 6.47. The van der Waals surface area contributed by atoms with Gasteiger partial charge in [0.25, 0.3) is 17.6 Å². The minimum Gasteiger partial charge on any atom is -0.453 e. The Morgan fingerprint density at radius 3 is 2.50 bits per heavy atom. The lowest BCUT2D eigenvalue weighted by Gasteiger charge is -2.57. The number of likely N-dealkylation sites (tertiary alicyclic amines) is 1. The van der Waals surface area contributed by atoms with Crippen molar-refractivity contribution in [2.75, 3.05) is 48.7 Å². The summed E-state index contributed by atoms with van der Waals surface area (Å²) in [7, 11) is 0. The number of hydrogen-bond donors (Lipinski definition) is 6. The number of carbonyl (C=O) groups excluding carboxylic acids is 3. The number of Topliss-reactive ketones (excluding diaryl/α,β-unsaturated/α-hetero) is 1. The highest BCUT2D eigenvalue weighted by Gasteiger charge is 2.49. The number of rotatable bonds is 12. The van der Waals surface area contributed by atoms with Crippen LogP contribution in [0.5, 0.6) is 11.5 Å². The number of nitrogens with one attached hydrogen (secondary N) is 4. The zero-order valence-corrected chi connectivity index (χ0v) is 39.5. The summed E-state index contributed by atoms with van der Waals surface area (Å²) in [6, 6.07) is 17.4. The average molecular weight is 945 g/mol. The highest BCUT2D eigenvalue weighted by atomic mass is 35.5. The zero-order chi connectivity index (χ0) is 47.5. The van der Waals surface area contributed by atoms with Gasteiger partial charge in [-0.3, -0.25) is 29.7 Å². The summed E-state index contributed by atoms with van der Waals surface area (Å²) < 4.78 is 21.1. The van der Waals surface area contributed by atoms with Crippen molar-refractivity contribution < 1.29 is 28.6 Å². The van der Waals surface area contributed by atoms with Crippen LogP contribution in [0.25, 0.3) is 21.9 Å². The number of nitrogen functional groups attached to an aromatic ring is 1. The van der Waals surface area contributed by atoms with Crippen molar-refractivity contribution in [3.8, 4) is 11.5 Å². The van der Waals surface area contributed by atoms with Gasteiger partial charge in [0.2, 0.25) is 0 Å². The SMILES string of the molecule is CC(C)c1ccccc1[C@@H]1CCC[C@@H]1N1CC2(CCN(c3ccc(C(=O)NC(=O)C(=O)c4cc(N)c(NC[C@H]5CC[C@](C)(O)CC5)c5n[nH]cc45)c(Oc4cc5c(F)c[nH]c5nc4Cl)c3)CC2)C1. The fourth-order valence-corrected chi connectivity index (χ4v) is 11.6. The van der Waals surface area contributed by atoms with Gasteiger partial charge in [0, 0.05) is 73.9 Å². The van der Waals surface area contributed by atoms with E-state index in [1.807, 2.05) is 6.92 Å². The molecule has 4 fully saturated rings. The molecule has 4 aliphatic rings. The number of aromatic nitrogens is 4. The number of aromatic amines is 2. The van der Waals surface area contributed by atoms with Crippen LogP contribution < -0.4 is 26.0 Å². The van der Waals surface area contributed by atoms with Gasteiger partial charge in [-0.25, -0.2) is 9.37 Å². The largest absolute Gasteiger partial charge is 0.453 e. The van der Waals surface area contributed by atoms with Gasteiger partial charge in [0.15, 0.2) is 10.9 Å². The fourth-order valence-electron chi connectivity index (χ4n) is 11.5. The molecule has 16 heteroatoms. The number of benzene rings is 3. The molecule has 0 radical (unpaired) electrons. The quantitative estimate of drug-likeness (QED) is 0.0296. The first kappa shape index (κ1) is 45.7. The lowest BCUT2D eigenvalue weighted by molar-refractivity contribution is -0.116. The Hall–Kier alpha value is -6.03. The van der Waals surface area contributed by atoms with Crippen LogP contribution in [0.15, 0.2) is 67.0 Å². The van der Waals surface area contributed by atoms with Crippen molar-refractivity contribution in [3.63, 3.8) is 0 Å². The molecule has 5 heterocycles. The van der Waals surface area contributed by atoms with E-state index in [1.165, 1.54) is 54.9 Å². The molecule has 6 aromatic rings. The lowest BCUT2D eigenvalue weighted by atomic mass is 9.70. The standard InChI is InChI=1S/C52H59ClFN9O5/c1-29(2)32-7-4-5-8-33(32)34-9-6-10-41(34)63-27-52(28-63)17-19-62(20-18-52)31-11-12-35(42(21-31)68-43-23-37-39(54)26-57-48(37)59-47(43)53)49(65)60-50(66)46(64)36-22-40(55)45(44-38(36)25-58-61-44)56-24-30-13-15-51(3,67)16-14-30/h4-5,7-8,11-12,21-23,25-26,29-30,34,41,56,67H,6,9-10,13-20,24,27-28,55H2,1-3H3,(H,57,59)(H,58,61)(H,60,65,66)/t30-,34-,41-,51-/m0/s1. The second kappa shape index (κ2) is 18.1. The van der Waals surface area contributed by atoms with E-state index >= 15 is 0 Å². The average Bonchev–Trinajstić information content (AvgIpc) is 4.09. The van der Waals surface area contributed by atoms with Crippen LogP contribution in [-0.4, -0.2) is 92.1 Å². The third kappa shape index (κ3) is 8.80. The van der Waals surface area contributed by atoms with Gasteiger partial charge in [0.1, 0.15) is 22.7 Å². The smallest absolute Gasteiger partial charge is 0.299 e. The summed E-state index contributed by atoms with van der Waals surface area (Å²) in [5.74, 6) is -2.20. The van der Waals surface area contributed by atoms with E-state index < -0.39 is 29.0 Å². The predicted molar refractivity (Wildman–Crippen MR) is 262 cm³/mol. The Bertz CT molecular complexity index is 2900. The van der Waals surface area contributed by atoms with Crippen LogP contribution in [0, 0.1) is 17.2 Å². The fraction of sp³-hybridized carbons (Fsp3) is 0.442. The Labute approximate surface area is 399 Å². The number of aliphatic hydroxyl groups is 1. The number of nitrogens with two attached hydrogens (primary N) is 1. The van der Waals surface area contributed by atoms with Crippen molar-refractivity contribution in [2.24, 2.45) is 11.3 Å². The molecule has 2 saturated carbocycles. The van der Waals surface area contributed by atoms with E-state index in [4.69, 9.17) is 22.1 Å². The van der Waals surface area contributed by atoms with E-state index in [2.05, 4.69) is 78.7 Å².